The van der Waals surface area contributed by atoms with E-state index in [-0.39, 0.29) is 5.91 Å². The van der Waals surface area contributed by atoms with Crippen LogP contribution in [-0.4, -0.2) is 37.2 Å². The average Bonchev–Trinajstić information content (AvgIpc) is 3.07. The lowest BCUT2D eigenvalue weighted by Gasteiger charge is -2.28. The number of nitrogens with zero attached hydrogens (tertiary/aromatic N) is 2. The van der Waals surface area contributed by atoms with E-state index >= 15 is 0 Å². The molecule has 1 fully saturated rings. The van der Waals surface area contributed by atoms with Crippen molar-refractivity contribution in [3.05, 3.63) is 53.5 Å². The number of anilines is 2. The maximum Gasteiger partial charge on any atom is 0.266 e. The predicted octanol–water partition coefficient (Wildman–Crippen LogP) is 3.39. The normalized spacial score (nSPS) is 14.8. The zero-order valence-electron chi connectivity index (χ0n) is 13.1. The Bertz CT molecular complexity index is 821. The third-order valence-electron chi connectivity index (χ3n) is 4.02. The van der Waals surface area contributed by atoms with E-state index in [1.165, 1.54) is 11.3 Å². The third-order valence-corrected chi connectivity index (χ3v) is 5.13. The van der Waals surface area contributed by atoms with Crippen LogP contribution in [0.3, 0.4) is 0 Å². The third kappa shape index (κ3) is 3.11. The molecule has 0 radical (unpaired) electrons. The second-order valence-electron chi connectivity index (χ2n) is 5.60. The van der Waals surface area contributed by atoms with Crippen molar-refractivity contribution in [2.45, 2.75) is 0 Å². The van der Waals surface area contributed by atoms with E-state index in [4.69, 9.17) is 4.74 Å². The number of amides is 1. The lowest BCUT2D eigenvalue weighted by Crippen LogP contribution is -2.36. The fourth-order valence-corrected chi connectivity index (χ4v) is 3.70. The molecule has 1 N–H and O–H groups in total. The van der Waals surface area contributed by atoms with Crippen LogP contribution in [0, 0.1) is 0 Å². The number of carbonyl (C=O) groups is 1. The van der Waals surface area contributed by atoms with E-state index in [9.17, 15) is 4.79 Å². The van der Waals surface area contributed by atoms with E-state index in [0.717, 1.165) is 42.1 Å². The maximum atomic E-state index is 12.4. The van der Waals surface area contributed by atoms with Crippen molar-refractivity contribution in [3.63, 3.8) is 0 Å². The molecular weight excluding hydrogens is 322 g/mol. The Morgan fingerprint density at radius 3 is 2.75 bits per heavy atom. The number of ether oxygens (including phenoxy) is 1. The first-order valence-corrected chi connectivity index (χ1v) is 8.70. The molecule has 0 saturated carbocycles. The topological polar surface area (TPSA) is 54.5 Å². The molecule has 1 aromatic carbocycles. The minimum absolute atomic E-state index is 0.122. The number of nitrogens with one attached hydrogen (secondary N) is 1. The first-order chi connectivity index (χ1) is 11.8. The molecule has 2 aromatic heterocycles. The summed E-state index contributed by atoms with van der Waals surface area (Å²) in [5.74, 6) is 0.442. The Labute approximate surface area is 143 Å². The van der Waals surface area contributed by atoms with Gasteiger partial charge >= 0.3 is 0 Å². The highest BCUT2D eigenvalue weighted by Gasteiger charge is 2.13. The number of aromatic nitrogens is 1. The number of fused-ring (bicyclic) bond motifs is 1. The molecule has 0 spiro atoms. The van der Waals surface area contributed by atoms with Gasteiger partial charge in [0.05, 0.1) is 30.0 Å². The molecule has 5 nitrogen and oxygen atoms in total. The smallest absolute Gasteiger partial charge is 0.266 e. The van der Waals surface area contributed by atoms with Gasteiger partial charge in [0.15, 0.2) is 0 Å². The van der Waals surface area contributed by atoms with Crippen molar-refractivity contribution in [1.29, 1.82) is 0 Å². The van der Waals surface area contributed by atoms with Gasteiger partial charge in [0, 0.05) is 17.8 Å². The molecule has 0 atom stereocenters. The fourth-order valence-electron chi connectivity index (χ4n) is 2.74. The molecule has 1 saturated heterocycles. The van der Waals surface area contributed by atoms with Gasteiger partial charge in [0.2, 0.25) is 0 Å². The van der Waals surface area contributed by atoms with Crippen molar-refractivity contribution >= 4 is 38.8 Å². The summed E-state index contributed by atoms with van der Waals surface area (Å²) in [6, 6.07) is 13.7. The van der Waals surface area contributed by atoms with E-state index < -0.39 is 0 Å². The van der Waals surface area contributed by atoms with Crippen LogP contribution in [-0.2, 0) is 4.74 Å². The van der Waals surface area contributed by atoms with Gasteiger partial charge in [-0.1, -0.05) is 18.2 Å². The molecule has 1 aliphatic rings. The van der Waals surface area contributed by atoms with Crippen LogP contribution in [0.15, 0.2) is 48.7 Å². The van der Waals surface area contributed by atoms with Crippen LogP contribution in [0.25, 0.3) is 10.1 Å². The predicted molar refractivity (Wildman–Crippen MR) is 97.0 cm³/mol. The first-order valence-electron chi connectivity index (χ1n) is 7.88. The molecule has 6 heteroatoms. The average molecular weight is 339 g/mol. The van der Waals surface area contributed by atoms with Gasteiger partial charge in [0.25, 0.3) is 5.91 Å². The molecule has 1 aliphatic heterocycles. The van der Waals surface area contributed by atoms with Gasteiger partial charge in [-0.3, -0.25) is 4.79 Å². The van der Waals surface area contributed by atoms with Crippen LogP contribution in [0.5, 0.6) is 0 Å². The zero-order chi connectivity index (χ0) is 16.4. The number of hydrogen-bond donors (Lipinski definition) is 1. The van der Waals surface area contributed by atoms with Gasteiger partial charge in [0.1, 0.15) is 5.82 Å². The molecule has 0 unspecified atom stereocenters. The molecule has 3 aromatic rings. The van der Waals surface area contributed by atoms with E-state index in [0.29, 0.717) is 10.7 Å². The Balaban J connectivity index is 1.47. The highest BCUT2D eigenvalue weighted by atomic mass is 32.1. The number of hydrogen-bond acceptors (Lipinski definition) is 5. The van der Waals surface area contributed by atoms with Crippen LogP contribution < -0.4 is 10.2 Å². The molecule has 3 heterocycles. The minimum Gasteiger partial charge on any atom is -0.378 e. The van der Waals surface area contributed by atoms with Crippen molar-refractivity contribution in [2.24, 2.45) is 0 Å². The van der Waals surface area contributed by atoms with Crippen molar-refractivity contribution < 1.29 is 9.53 Å². The first kappa shape index (κ1) is 15.1. The summed E-state index contributed by atoms with van der Waals surface area (Å²) in [7, 11) is 0. The monoisotopic (exact) mass is 339 g/mol. The number of carbonyl (C=O) groups excluding carboxylic acids is 1. The van der Waals surface area contributed by atoms with Crippen LogP contribution in [0.2, 0.25) is 0 Å². The van der Waals surface area contributed by atoms with Crippen LogP contribution >= 0.6 is 11.3 Å². The fraction of sp³-hybridized carbons (Fsp3) is 0.222. The number of pyridine rings is 1. The highest BCUT2D eigenvalue weighted by molar-refractivity contribution is 7.20. The summed E-state index contributed by atoms with van der Waals surface area (Å²) < 4.78 is 6.46. The van der Waals surface area contributed by atoms with Crippen molar-refractivity contribution in [1.82, 2.24) is 4.98 Å². The summed E-state index contributed by atoms with van der Waals surface area (Å²) in [4.78, 5) is 19.7. The molecule has 4 rings (SSSR count). The molecule has 1 amide bonds. The van der Waals surface area contributed by atoms with Gasteiger partial charge < -0.3 is 15.0 Å². The molecule has 24 heavy (non-hydrogen) atoms. The summed E-state index contributed by atoms with van der Waals surface area (Å²) in [6.07, 6.45) is 1.80. The second kappa shape index (κ2) is 6.59. The summed E-state index contributed by atoms with van der Waals surface area (Å²) in [6.45, 7) is 3.22. The van der Waals surface area contributed by atoms with Gasteiger partial charge in [-0.05, 0) is 29.7 Å². The Morgan fingerprint density at radius 1 is 1.17 bits per heavy atom. The second-order valence-corrected chi connectivity index (χ2v) is 6.69. The zero-order valence-corrected chi connectivity index (χ0v) is 13.9. The minimum atomic E-state index is -0.122. The summed E-state index contributed by atoms with van der Waals surface area (Å²) in [5, 5.41) is 3.95. The van der Waals surface area contributed by atoms with Crippen LogP contribution in [0.1, 0.15) is 9.67 Å². The van der Waals surface area contributed by atoms with Crippen molar-refractivity contribution in [2.75, 3.05) is 36.5 Å². The SMILES string of the molecule is O=C(Nc1ccc(N2CCOCC2)cn1)c1cc2ccccc2s1. The molecule has 0 bridgehead atoms. The highest BCUT2D eigenvalue weighted by Crippen LogP contribution is 2.26. The number of thiophene rings is 1. The van der Waals surface area contributed by atoms with E-state index in [2.05, 4.69) is 15.2 Å². The van der Waals surface area contributed by atoms with E-state index in [1.807, 2.05) is 42.5 Å². The van der Waals surface area contributed by atoms with E-state index in [1.54, 1.807) is 6.20 Å². The maximum absolute atomic E-state index is 12.4. The Kier molecular flexibility index (Phi) is 4.15. The number of morpholine rings is 1. The molecule has 122 valence electrons. The molecule has 0 aliphatic carbocycles. The summed E-state index contributed by atoms with van der Waals surface area (Å²) in [5.41, 5.74) is 1.05. The molecular formula is C18H17N3O2S. The standard InChI is InChI=1S/C18H17N3O2S/c22-18(16-11-13-3-1-2-4-15(13)24-16)20-17-6-5-14(12-19-17)21-7-9-23-10-8-21/h1-6,11-12H,7-10H2,(H,19,20,22). The lowest BCUT2D eigenvalue weighted by molar-refractivity contribution is 0.103. The quantitative estimate of drug-likeness (QED) is 0.795. The number of benzene rings is 1. The van der Waals surface area contributed by atoms with Gasteiger partial charge in [-0.15, -0.1) is 11.3 Å². The number of rotatable bonds is 3. The lowest BCUT2D eigenvalue weighted by atomic mass is 10.2. The Hall–Kier alpha value is -2.44. The Morgan fingerprint density at radius 2 is 2.00 bits per heavy atom. The largest absolute Gasteiger partial charge is 0.378 e. The van der Waals surface area contributed by atoms with Crippen LogP contribution in [0.4, 0.5) is 11.5 Å². The van der Waals surface area contributed by atoms with Gasteiger partial charge in [-0.2, -0.15) is 0 Å². The van der Waals surface area contributed by atoms with Gasteiger partial charge in [-0.25, -0.2) is 4.98 Å². The van der Waals surface area contributed by atoms with Crippen molar-refractivity contribution in [3.8, 4) is 0 Å². The summed E-state index contributed by atoms with van der Waals surface area (Å²) >= 11 is 1.49.